The summed E-state index contributed by atoms with van der Waals surface area (Å²) in [6.07, 6.45) is 2.10. The Bertz CT molecular complexity index is 416. The summed E-state index contributed by atoms with van der Waals surface area (Å²) in [6.45, 7) is 3.85. The highest BCUT2D eigenvalue weighted by molar-refractivity contribution is 5.90. The number of rotatable bonds is 7. The zero-order valence-corrected chi connectivity index (χ0v) is 10.6. The molecule has 1 heterocycles. The Morgan fingerprint density at radius 1 is 1.44 bits per heavy atom. The van der Waals surface area contributed by atoms with Crippen molar-refractivity contribution >= 4 is 11.9 Å². The number of nitrogens with one attached hydrogen (secondary N) is 2. The van der Waals surface area contributed by atoms with E-state index < -0.39 is 17.8 Å². The number of hydrogen-bond acceptors (Lipinski definition) is 4. The molecule has 3 N–H and O–H groups in total. The van der Waals surface area contributed by atoms with E-state index in [0.717, 1.165) is 12.8 Å². The Balaban J connectivity index is 2.51. The molecule has 1 rings (SSSR count). The number of aromatic amines is 1. The molecule has 7 heteroatoms. The average Bonchev–Trinajstić information content (AvgIpc) is 2.78. The summed E-state index contributed by atoms with van der Waals surface area (Å²) in [5.41, 5.74) is 0. The van der Waals surface area contributed by atoms with Crippen LogP contribution in [0.3, 0.4) is 0 Å². The molecule has 1 amide bonds. The van der Waals surface area contributed by atoms with Crippen LogP contribution in [-0.2, 0) is 11.2 Å². The Hall–Kier alpha value is -1.92. The van der Waals surface area contributed by atoms with E-state index >= 15 is 0 Å². The van der Waals surface area contributed by atoms with Gasteiger partial charge in [-0.15, -0.1) is 5.10 Å². The molecule has 0 saturated heterocycles. The predicted octanol–water partition coefficient (Wildman–Crippen LogP) is 0.598. The summed E-state index contributed by atoms with van der Waals surface area (Å²) in [6, 6.07) is 0. The molecule has 1 unspecified atom stereocenters. The van der Waals surface area contributed by atoms with Crippen LogP contribution in [0.25, 0.3) is 0 Å². The number of amides is 1. The Labute approximate surface area is 105 Å². The van der Waals surface area contributed by atoms with E-state index in [0.29, 0.717) is 12.2 Å². The molecule has 18 heavy (non-hydrogen) atoms. The highest BCUT2D eigenvalue weighted by Gasteiger charge is 2.18. The van der Waals surface area contributed by atoms with Gasteiger partial charge in [0.2, 0.25) is 5.82 Å². The number of carboxylic acids is 1. The Morgan fingerprint density at radius 3 is 2.72 bits per heavy atom. The summed E-state index contributed by atoms with van der Waals surface area (Å²) in [7, 11) is 0. The molecule has 0 aromatic carbocycles. The van der Waals surface area contributed by atoms with E-state index in [9.17, 15) is 9.59 Å². The number of aliphatic carboxylic acids is 1. The summed E-state index contributed by atoms with van der Waals surface area (Å²) in [4.78, 5) is 26.5. The molecule has 1 aromatic rings. The van der Waals surface area contributed by atoms with Gasteiger partial charge >= 0.3 is 5.97 Å². The van der Waals surface area contributed by atoms with Crippen LogP contribution in [0.5, 0.6) is 0 Å². The van der Waals surface area contributed by atoms with E-state index in [1.54, 1.807) is 6.92 Å². The molecule has 0 aliphatic rings. The van der Waals surface area contributed by atoms with Crippen LogP contribution < -0.4 is 5.32 Å². The molecule has 0 radical (unpaired) electrons. The van der Waals surface area contributed by atoms with Crippen molar-refractivity contribution in [2.75, 3.05) is 6.54 Å². The zero-order valence-electron chi connectivity index (χ0n) is 10.6. The van der Waals surface area contributed by atoms with Crippen molar-refractivity contribution in [3.8, 4) is 0 Å². The minimum atomic E-state index is -0.917. The predicted molar refractivity (Wildman–Crippen MR) is 64.1 cm³/mol. The number of nitrogens with zero attached hydrogens (tertiary/aromatic N) is 2. The second kappa shape index (κ2) is 6.73. The fourth-order valence-electron chi connectivity index (χ4n) is 1.45. The third kappa shape index (κ3) is 3.83. The maximum atomic E-state index is 11.7. The smallest absolute Gasteiger partial charge is 0.308 e. The lowest BCUT2D eigenvalue weighted by Gasteiger charge is -2.09. The van der Waals surface area contributed by atoms with Crippen molar-refractivity contribution in [1.82, 2.24) is 20.5 Å². The van der Waals surface area contributed by atoms with Gasteiger partial charge < -0.3 is 10.4 Å². The molecular weight excluding hydrogens is 236 g/mol. The van der Waals surface area contributed by atoms with Gasteiger partial charge in [-0.1, -0.05) is 13.8 Å². The second-order valence-corrected chi connectivity index (χ2v) is 4.01. The van der Waals surface area contributed by atoms with E-state index in [2.05, 4.69) is 20.5 Å². The largest absolute Gasteiger partial charge is 0.481 e. The molecule has 0 saturated carbocycles. The third-order valence-corrected chi connectivity index (χ3v) is 2.57. The maximum Gasteiger partial charge on any atom is 0.308 e. The molecule has 100 valence electrons. The van der Waals surface area contributed by atoms with Gasteiger partial charge in [0, 0.05) is 13.0 Å². The third-order valence-electron chi connectivity index (χ3n) is 2.57. The molecule has 0 fully saturated rings. The zero-order chi connectivity index (χ0) is 13.5. The number of aryl methyl sites for hydroxylation is 1. The van der Waals surface area contributed by atoms with Gasteiger partial charge in [-0.3, -0.25) is 14.7 Å². The molecule has 0 bridgehead atoms. The fraction of sp³-hybridized carbons (Fsp3) is 0.636. The summed E-state index contributed by atoms with van der Waals surface area (Å²) < 4.78 is 0. The topological polar surface area (TPSA) is 108 Å². The van der Waals surface area contributed by atoms with Gasteiger partial charge in [-0.05, 0) is 12.8 Å². The Kier molecular flexibility index (Phi) is 5.29. The number of hydrogen-bond donors (Lipinski definition) is 3. The van der Waals surface area contributed by atoms with Crippen molar-refractivity contribution in [3.05, 3.63) is 11.6 Å². The number of aromatic nitrogens is 3. The van der Waals surface area contributed by atoms with Gasteiger partial charge in [0.1, 0.15) is 5.82 Å². The number of H-pyrrole nitrogens is 1. The van der Waals surface area contributed by atoms with Gasteiger partial charge in [0.15, 0.2) is 0 Å². The first kappa shape index (κ1) is 14.1. The van der Waals surface area contributed by atoms with E-state index in [1.165, 1.54) is 0 Å². The fourth-order valence-corrected chi connectivity index (χ4v) is 1.45. The van der Waals surface area contributed by atoms with E-state index in [1.807, 2.05) is 6.92 Å². The van der Waals surface area contributed by atoms with Crippen LogP contribution >= 0.6 is 0 Å². The van der Waals surface area contributed by atoms with Crippen molar-refractivity contribution in [3.63, 3.8) is 0 Å². The SMILES string of the molecule is CCCc1nc(C(=O)NCC(CC)C(=O)O)n[nH]1. The van der Waals surface area contributed by atoms with Crippen molar-refractivity contribution < 1.29 is 14.7 Å². The molecule has 0 spiro atoms. The summed E-state index contributed by atoms with van der Waals surface area (Å²) >= 11 is 0. The normalized spacial score (nSPS) is 12.1. The molecular formula is C11H18N4O3. The molecule has 1 atom stereocenters. The first-order chi connectivity index (χ1) is 8.58. The van der Waals surface area contributed by atoms with Crippen molar-refractivity contribution in [1.29, 1.82) is 0 Å². The standard InChI is InChI=1S/C11H18N4O3/c1-3-5-8-13-9(15-14-8)10(16)12-6-7(4-2)11(17)18/h7H,3-6H2,1-2H3,(H,12,16)(H,17,18)(H,13,14,15). The summed E-state index contributed by atoms with van der Waals surface area (Å²) in [5.74, 6) is -1.23. The molecule has 0 aliphatic carbocycles. The number of carboxylic acid groups (broad SMARTS) is 1. The first-order valence-electron chi connectivity index (χ1n) is 6.00. The summed E-state index contributed by atoms with van der Waals surface area (Å²) in [5, 5.41) is 17.8. The second-order valence-electron chi connectivity index (χ2n) is 4.01. The van der Waals surface area contributed by atoms with Gasteiger partial charge in [-0.2, -0.15) is 0 Å². The highest BCUT2D eigenvalue weighted by Crippen LogP contribution is 2.01. The molecule has 1 aromatic heterocycles. The first-order valence-corrected chi connectivity index (χ1v) is 6.00. The number of carbonyl (C=O) groups excluding carboxylic acids is 1. The van der Waals surface area contributed by atoms with Crippen LogP contribution in [0.1, 0.15) is 43.1 Å². The van der Waals surface area contributed by atoms with Gasteiger partial charge in [-0.25, -0.2) is 4.98 Å². The lowest BCUT2D eigenvalue weighted by Crippen LogP contribution is -2.33. The maximum absolute atomic E-state index is 11.7. The van der Waals surface area contributed by atoms with Crippen LogP contribution in [0.15, 0.2) is 0 Å². The van der Waals surface area contributed by atoms with E-state index in [-0.39, 0.29) is 12.4 Å². The van der Waals surface area contributed by atoms with E-state index in [4.69, 9.17) is 5.11 Å². The number of carbonyl (C=O) groups is 2. The van der Waals surface area contributed by atoms with Crippen LogP contribution in [0, 0.1) is 5.92 Å². The van der Waals surface area contributed by atoms with Gasteiger partial charge in [0.05, 0.1) is 5.92 Å². The van der Waals surface area contributed by atoms with Crippen LogP contribution in [0.4, 0.5) is 0 Å². The lowest BCUT2D eigenvalue weighted by atomic mass is 10.1. The average molecular weight is 254 g/mol. The molecule has 0 aliphatic heterocycles. The van der Waals surface area contributed by atoms with Gasteiger partial charge in [0.25, 0.3) is 5.91 Å². The molecule has 7 nitrogen and oxygen atoms in total. The lowest BCUT2D eigenvalue weighted by molar-refractivity contribution is -0.141. The van der Waals surface area contributed by atoms with Crippen molar-refractivity contribution in [2.24, 2.45) is 5.92 Å². The Morgan fingerprint density at radius 2 is 2.17 bits per heavy atom. The quantitative estimate of drug-likeness (QED) is 0.660. The van der Waals surface area contributed by atoms with Crippen molar-refractivity contribution in [2.45, 2.75) is 33.1 Å². The van der Waals surface area contributed by atoms with Crippen LogP contribution in [-0.4, -0.2) is 38.7 Å². The van der Waals surface area contributed by atoms with Crippen LogP contribution in [0.2, 0.25) is 0 Å². The highest BCUT2D eigenvalue weighted by atomic mass is 16.4. The minimum Gasteiger partial charge on any atom is -0.481 e. The minimum absolute atomic E-state index is 0.0543. The monoisotopic (exact) mass is 254 g/mol.